The molecule has 4 rings (SSSR count). The number of aryl methyl sites for hydroxylation is 1. The first kappa shape index (κ1) is 17.4. The molecule has 0 unspecified atom stereocenters. The van der Waals surface area contributed by atoms with Gasteiger partial charge < -0.3 is 9.73 Å². The first-order valence-electron chi connectivity index (χ1n) is 8.34. The number of benzene rings is 1. The summed E-state index contributed by atoms with van der Waals surface area (Å²) in [6, 6.07) is 8.76. The lowest BCUT2D eigenvalue weighted by molar-refractivity contribution is -0.111. The van der Waals surface area contributed by atoms with Crippen LogP contribution in [0.15, 0.2) is 56.6 Å². The van der Waals surface area contributed by atoms with Crippen molar-refractivity contribution in [3.05, 3.63) is 69.3 Å². The minimum atomic E-state index is -0.483. The molecule has 3 aromatic heterocycles. The number of oxazole rings is 1. The van der Waals surface area contributed by atoms with Gasteiger partial charge in [-0.1, -0.05) is 12.1 Å². The van der Waals surface area contributed by atoms with Crippen LogP contribution in [-0.2, 0) is 18.9 Å². The van der Waals surface area contributed by atoms with E-state index >= 15 is 0 Å². The van der Waals surface area contributed by atoms with Crippen molar-refractivity contribution >= 4 is 39.8 Å². The fourth-order valence-corrected chi connectivity index (χ4v) is 2.83. The molecule has 0 spiro atoms. The molecule has 9 heteroatoms. The molecule has 0 atom stereocenters. The van der Waals surface area contributed by atoms with Crippen LogP contribution in [0, 0.1) is 0 Å². The number of rotatable bonds is 3. The first-order valence-corrected chi connectivity index (χ1v) is 8.34. The third kappa shape index (κ3) is 2.98. The topological polar surface area (TPSA) is 112 Å². The van der Waals surface area contributed by atoms with Crippen LogP contribution in [0.25, 0.3) is 28.2 Å². The van der Waals surface area contributed by atoms with E-state index in [9.17, 15) is 14.4 Å². The van der Waals surface area contributed by atoms with E-state index in [1.807, 2.05) is 18.2 Å². The van der Waals surface area contributed by atoms with Crippen molar-refractivity contribution in [1.82, 2.24) is 19.1 Å². The van der Waals surface area contributed by atoms with Gasteiger partial charge in [0.1, 0.15) is 11.2 Å². The fraction of sp³-hybridized carbons (Fsp3) is 0.105. The van der Waals surface area contributed by atoms with Crippen LogP contribution in [0.2, 0.25) is 0 Å². The monoisotopic (exact) mass is 377 g/mol. The Bertz CT molecular complexity index is 1340. The van der Waals surface area contributed by atoms with Crippen molar-refractivity contribution in [2.24, 2.45) is 14.1 Å². The second kappa shape index (κ2) is 6.62. The number of nitrogens with one attached hydrogen (secondary N) is 1. The van der Waals surface area contributed by atoms with Crippen LogP contribution in [0.1, 0.15) is 5.89 Å². The number of para-hydroxylation sites is 2. The zero-order valence-electron chi connectivity index (χ0n) is 15.0. The van der Waals surface area contributed by atoms with E-state index < -0.39 is 17.2 Å². The standard InChI is InChI=1S/C19H15N5O4/c1-23-17-12(18(26)24(2)19(23)27)9-11(10-20-17)21-15(25)7-8-16-22-13-5-3-4-6-14(13)28-16/h3-10H,1-2H3,(H,21,25)/b8-7+. The summed E-state index contributed by atoms with van der Waals surface area (Å²) in [7, 11) is 2.91. The highest BCUT2D eigenvalue weighted by atomic mass is 16.3. The van der Waals surface area contributed by atoms with Crippen molar-refractivity contribution < 1.29 is 9.21 Å². The Morgan fingerprint density at radius 3 is 2.75 bits per heavy atom. The average molecular weight is 377 g/mol. The lowest BCUT2D eigenvalue weighted by Gasteiger charge is -2.08. The Kier molecular flexibility index (Phi) is 4.11. The second-order valence-corrected chi connectivity index (χ2v) is 6.14. The number of aromatic nitrogens is 4. The molecule has 0 fully saturated rings. The van der Waals surface area contributed by atoms with Crippen LogP contribution in [0.3, 0.4) is 0 Å². The molecule has 1 N–H and O–H groups in total. The number of nitrogens with zero attached hydrogens (tertiary/aromatic N) is 4. The molecule has 0 radical (unpaired) electrons. The normalized spacial score (nSPS) is 11.5. The zero-order valence-corrected chi connectivity index (χ0v) is 15.0. The van der Waals surface area contributed by atoms with Crippen molar-refractivity contribution in [2.45, 2.75) is 0 Å². The number of carbonyl (C=O) groups is 1. The maximum atomic E-state index is 12.3. The number of amides is 1. The summed E-state index contributed by atoms with van der Waals surface area (Å²) in [4.78, 5) is 44.8. The second-order valence-electron chi connectivity index (χ2n) is 6.14. The Balaban J connectivity index is 1.59. The van der Waals surface area contributed by atoms with Crippen molar-refractivity contribution in [2.75, 3.05) is 5.32 Å². The summed E-state index contributed by atoms with van der Waals surface area (Å²) in [5, 5.41) is 2.85. The SMILES string of the molecule is Cn1c(=O)c2cc(NC(=O)/C=C/c3nc4ccccc4o3)cnc2n(C)c1=O. The van der Waals surface area contributed by atoms with Crippen LogP contribution < -0.4 is 16.6 Å². The summed E-state index contributed by atoms with van der Waals surface area (Å²) < 4.78 is 7.78. The van der Waals surface area contributed by atoms with Gasteiger partial charge in [-0.2, -0.15) is 0 Å². The third-order valence-corrected chi connectivity index (χ3v) is 4.25. The van der Waals surface area contributed by atoms with E-state index in [2.05, 4.69) is 15.3 Å². The van der Waals surface area contributed by atoms with Crippen LogP contribution in [0.4, 0.5) is 5.69 Å². The Morgan fingerprint density at radius 1 is 1.18 bits per heavy atom. The number of fused-ring (bicyclic) bond motifs is 2. The Hall–Kier alpha value is -4.01. The molecule has 9 nitrogen and oxygen atoms in total. The molecule has 0 saturated heterocycles. The molecule has 1 aromatic carbocycles. The van der Waals surface area contributed by atoms with Gasteiger partial charge in [-0.25, -0.2) is 14.8 Å². The highest BCUT2D eigenvalue weighted by molar-refractivity contribution is 6.02. The fourth-order valence-electron chi connectivity index (χ4n) is 2.83. The summed E-state index contributed by atoms with van der Waals surface area (Å²) >= 11 is 0. The molecule has 4 aromatic rings. The lowest BCUT2D eigenvalue weighted by atomic mass is 10.3. The van der Waals surface area contributed by atoms with E-state index in [0.29, 0.717) is 22.7 Å². The van der Waals surface area contributed by atoms with Crippen molar-refractivity contribution in [3.63, 3.8) is 0 Å². The smallest absolute Gasteiger partial charge is 0.332 e. The number of pyridine rings is 1. The Labute approximate surface area is 157 Å². The van der Waals surface area contributed by atoms with Gasteiger partial charge in [0.15, 0.2) is 5.58 Å². The highest BCUT2D eigenvalue weighted by Gasteiger charge is 2.11. The van der Waals surface area contributed by atoms with Crippen LogP contribution in [-0.4, -0.2) is 25.0 Å². The van der Waals surface area contributed by atoms with Crippen molar-refractivity contribution in [3.8, 4) is 0 Å². The minimum absolute atomic E-state index is 0.227. The third-order valence-electron chi connectivity index (χ3n) is 4.25. The highest BCUT2D eigenvalue weighted by Crippen LogP contribution is 2.16. The lowest BCUT2D eigenvalue weighted by Crippen LogP contribution is -2.37. The largest absolute Gasteiger partial charge is 0.437 e. The predicted molar refractivity (Wildman–Crippen MR) is 104 cm³/mol. The van der Waals surface area contributed by atoms with Crippen molar-refractivity contribution in [1.29, 1.82) is 0 Å². The van der Waals surface area contributed by atoms with Crippen LogP contribution in [0.5, 0.6) is 0 Å². The number of hydrogen-bond acceptors (Lipinski definition) is 6. The Morgan fingerprint density at radius 2 is 1.96 bits per heavy atom. The molecule has 0 aliphatic heterocycles. The molecule has 0 aliphatic rings. The van der Waals surface area contributed by atoms with Gasteiger partial charge in [0.2, 0.25) is 11.8 Å². The minimum Gasteiger partial charge on any atom is -0.437 e. The average Bonchev–Trinajstić information content (AvgIpc) is 3.12. The van der Waals surface area contributed by atoms with Gasteiger partial charge in [-0.15, -0.1) is 0 Å². The molecule has 1 amide bonds. The number of anilines is 1. The molecule has 3 heterocycles. The summed E-state index contributed by atoms with van der Waals surface area (Å²) in [5.41, 5.74) is 0.945. The van der Waals surface area contributed by atoms with E-state index in [4.69, 9.17) is 4.42 Å². The van der Waals surface area contributed by atoms with Gasteiger partial charge >= 0.3 is 5.69 Å². The predicted octanol–water partition coefficient (Wildman–Crippen LogP) is 1.43. The van der Waals surface area contributed by atoms with E-state index in [1.165, 1.54) is 43.1 Å². The molecular weight excluding hydrogens is 362 g/mol. The molecule has 0 saturated carbocycles. The number of hydrogen-bond donors (Lipinski definition) is 1. The molecular formula is C19H15N5O4. The zero-order chi connectivity index (χ0) is 19.8. The van der Waals surface area contributed by atoms with Gasteiger partial charge in [-0.3, -0.25) is 18.7 Å². The van der Waals surface area contributed by atoms with E-state index in [0.717, 1.165) is 4.57 Å². The molecule has 0 bridgehead atoms. The van der Waals surface area contributed by atoms with Gasteiger partial charge in [0.05, 0.1) is 17.3 Å². The quantitative estimate of drug-likeness (QED) is 0.541. The maximum Gasteiger partial charge on any atom is 0.332 e. The molecule has 28 heavy (non-hydrogen) atoms. The van der Waals surface area contributed by atoms with Gasteiger partial charge in [-0.05, 0) is 18.2 Å². The van der Waals surface area contributed by atoms with E-state index in [-0.39, 0.29) is 11.0 Å². The molecule has 140 valence electrons. The maximum absolute atomic E-state index is 12.3. The summed E-state index contributed by atoms with van der Waals surface area (Å²) in [5.74, 6) is -0.137. The summed E-state index contributed by atoms with van der Waals surface area (Å²) in [6.07, 6.45) is 4.10. The van der Waals surface area contributed by atoms with E-state index in [1.54, 1.807) is 6.07 Å². The first-order chi connectivity index (χ1) is 13.4. The van der Waals surface area contributed by atoms with Gasteiger partial charge in [0.25, 0.3) is 5.56 Å². The summed E-state index contributed by atoms with van der Waals surface area (Å²) in [6.45, 7) is 0. The number of carbonyl (C=O) groups excluding carboxylic acids is 1. The van der Waals surface area contributed by atoms with Gasteiger partial charge in [0, 0.05) is 26.2 Å². The van der Waals surface area contributed by atoms with Crippen LogP contribution >= 0.6 is 0 Å². The molecule has 0 aliphatic carbocycles.